The first-order valence-electron chi connectivity index (χ1n) is 13.7. The average Bonchev–Trinajstić information content (AvgIpc) is 2.87. The van der Waals surface area contributed by atoms with Gasteiger partial charge in [-0.05, 0) is 55.4 Å². The van der Waals surface area contributed by atoms with E-state index in [1.54, 1.807) is 128 Å². The Balaban J connectivity index is 7.83. The van der Waals surface area contributed by atoms with Crippen LogP contribution in [0.2, 0.25) is 0 Å². The van der Waals surface area contributed by atoms with Crippen molar-refractivity contribution in [1.82, 2.24) is 0 Å². The van der Waals surface area contributed by atoms with Crippen LogP contribution in [0, 0.1) is 21.7 Å². The molecule has 0 heterocycles. The van der Waals surface area contributed by atoms with Gasteiger partial charge < -0.3 is 14.9 Å². The Labute approximate surface area is 245 Å². The molecule has 224 valence electrons. The minimum atomic E-state index is -1.74. The van der Waals surface area contributed by atoms with Crippen molar-refractivity contribution in [2.45, 2.75) is 68.2 Å². The fourth-order valence-corrected chi connectivity index (χ4v) is 5.57. The van der Waals surface area contributed by atoms with Gasteiger partial charge in [0.1, 0.15) is 10.8 Å². The van der Waals surface area contributed by atoms with Crippen LogP contribution in [0.25, 0.3) is 0 Å². The van der Waals surface area contributed by atoms with Crippen molar-refractivity contribution in [2.75, 3.05) is 0 Å². The largest absolute Gasteiger partial charge is 0.481 e. The summed E-state index contributed by atoms with van der Waals surface area (Å²) < 4.78 is 5.75. The summed E-state index contributed by atoms with van der Waals surface area (Å²) in [5, 5.41) is 19.8. The second-order valence-corrected chi connectivity index (χ2v) is 9.64. The summed E-state index contributed by atoms with van der Waals surface area (Å²) in [6.07, 6.45) is 24.7. The Bertz CT molecular complexity index is 1020. The molecule has 0 aromatic rings. The quantitative estimate of drug-likeness (QED) is 0.112. The third-order valence-corrected chi connectivity index (χ3v) is 6.86. The Morgan fingerprint density at radius 3 is 0.854 bits per heavy atom. The molecule has 0 atom stereocenters. The smallest absolute Gasteiger partial charge is 0.328 e. The Morgan fingerprint density at radius 2 is 0.683 bits per heavy atom. The summed E-state index contributed by atoms with van der Waals surface area (Å²) in [4.78, 5) is 53.0. The normalized spacial score (nSPS) is 14.3. The van der Waals surface area contributed by atoms with Gasteiger partial charge in [0.25, 0.3) is 0 Å². The van der Waals surface area contributed by atoms with Crippen LogP contribution >= 0.6 is 0 Å². The lowest BCUT2D eigenvalue weighted by atomic mass is 9.59. The van der Waals surface area contributed by atoms with Crippen molar-refractivity contribution in [3.63, 3.8) is 0 Å². The second-order valence-electron chi connectivity index (χ2n) is 9.64. The zero-order valence-electron chi connectivity index (χ0n) is 25.6. The lowest BCUT2D eigenvalue weighted by Gasteiger charge is -2.44. The van der Waals surface area contributed by atoms with Gasteiger partial charge in [-0.2, -0.15) is 0 Å². The van der Waals surface area contributed by atoms with Crippen molar-refractivity contribution in [3.8, 4) is 0 Å². The first kappa shape index (κ1) is 37.0. The van der Waals surface area contributed by atoms with Crippen LogP contribution in [0.5, 0.6) is 0 Å². The standard InChI is InChI=1S/C34H46O7/c1-9-17-31(18-10-2,25-27(35)36)33(21-13-5,22-14-6)29(39)41-30(40)34(23-15-7,24-16-8)32(19-11-3,20-12-4)26-28(37)38/h9-24H,25-26H2,1-8H3,(H,35,36)(H,37,38)/b17-9-,18-10-,19-11-,20-12-,21-13-,22-14-,23-15-,24-16-. The first-order valence-corrected chi connectivity index (χ1v) is 13.7. The predicted molar refractivity (Wildman–Crippen MR) is 164 cm³/mol. The van der Waals surface area contributed by atoms with Crippen LogP contribution in [-0.4, -0.2) is 34.1 Å². The summed E-state index contributed by atoms with van der Waals surface area (Å²) in [5.41, 5.74) is -6.35. The molecule has 0 unspecified atom stereocenters. The van der Waals surface area contributed by atoms with Crippen molar-refractivity contribution < 1.29 is 34.1 Å². The predicted octanol–water partition coefficient (Wildman–Crippen LogP) is 7.56. The van der Waals surface area contributed by atoms with Gasteiger partial charge in [0.05, 0.1) is 12.8 Å². The summed E-state index contributed by atoms with van der Waals surface area (Å²) in [7, 11) is 0. The van der Waals surface area contributed by atoms with Crippen LogP contribution in [-0.2, 0) is 23.9 Å². The zero-order chi connectivity index (χ0) is 31.7. The monoisotopic (exact) mass is 566 g/mol. The maximum absolute atomic E-state index is 14.3. The Hall–Kier alpha value is -4.00. The number of rotatable bonds is 16. The number of esters is 2. The molecule has 2 N–H and O–H groups in total. The molecule has 0 saturated heterocycles. The van der Waals surface area contributed by atoms with E-state index in [0.717, 1.165) is 0 Å². The summed E-state index contributed by atoms with van der Waals surface area (Å²) in [6.45, 7) is 13.6. The number of carbonyl (C=O) groups excluding carboxylic acids is 2. The molecule has 0 aromatic heterocycles. The van der Waals surface area contributed by atoms with Gasteiger partial charge in [0.2, 0.25) is 0 Å². The van der Waals surface area contributed by atoms with E-state index in [2.05, 4.69) is 0 Å². The van der Waals surface area contributed by atoms with E-state index in [-0.39, 0.29) is 0 Å². The van der Waals surface area contributed by atoms with Crippen LogP contribution in [0.3, 0.4) is 0 Å². The number of hydrogen-bond donors (Lipinski definition) is 2. The molecule has 7 heteroatoms. The van der Waals surface area contributed by atoms with Crippen LogP contribution in [0.4, 0.5) is 0 Å². The van der Waals surface area contributed by atoms with Crippen LogP contribution < -0.4 is 0 Å². The highest BCUT2D eigenvalue weighted by Gasteiger charge is 2.57. The van der Waals surface area contributed by atoms with Gasteiger partial charge >= 0.3 is 23.9 Å². The van der Waals surface area contributed by atoms with Gasteiger partial charge in [-0.1, -0.05) is 97.2 Å². The summed E-state index contributed by atoms with van der Waals surface area (Å²) in [5.74, 6) is -4.31. The highest BCUT2D eigenvalue weighted by molar-refractivity contribution is 5.97. The second kappa shape index (κ2) is 17.0. The van der Waals surface area contributed by atoms with E-state index in [1.165, 1.54) is 24.3 Å². The molecule has 0 amide bonds. The highest BCUT2D eigenvalue weighted by Crippen LogP contribution is 2.52. The molecule has 0 saturated carbocycles. The molecule has 41 heavy (non-hydrogen) atoms. The maximum Gasteiger partial charge on any atom is 0.328 e. The molecule has 0 aliphatic carbocycles. The number of carboxylic acids is 2. The van der Waals surface area contributed by atoms with Gasteiger partial charge in [0, 0.05) is 10.8 Å². The molecule has 0 spiro atoms. The van der Waals surface area contributed by atoms with E-state index in [9.17, 15) is 29.4 Å². The average molecular weight is 567 g/mol. The molecule has 0 aliphatic rings. The number of hydrogen-bond acceptors (Lipinski definition) is 5. The molecule has 0 rings (SSSR count). The van der Waals surface area contributed by atoms with E-state index >= 15 is 0 Å². The molecule has 0 aromatic carbocycles. The number of carboxylic acid groups (broad SMARTS) is 2. The lowest BCUT2D eigenvalue weighted by Crippen LogP contribution is -2.50. The van der Waals surface area contributed by atoms with Crippen LogP contribution in [0.15, 0.2) is 97.2 Å². The topological polar surface area (TPSA) is 118 Å². The summed E-state index contributed by atoms with van der Waals surface area (Å²) in [6, 6.07) is 0. The lowest BCUT2D eigenvalue weighted by molar-refractivity contribution is -0.172. The van der Waals surface area contributed by atoms with E-state index < -0.39 is 58.4 Å². The van der Waals surface area contributed by atoms with Gasteiger partial charge in [0.15, 0.2) is 0 Å². The fourth-order valence-electron chi connectivity index (χ4n) is 5.57. The van der Waals surface area contributed by atoms with Crippen molar-refractivity contribution in [2.24, 2.45) is 21.7 Å². The first-order chi connectivity index (χ1) is 19.4. The third kappa shape index (κ3) is 8.03. The van der Waals surface area contributed by atoms with Crippen LogP contribution in [0.1, 0.15) is 68.2 Å². The third-order valence-electron chi connectivity index (χ3n) is 6.86. The SMILES string of the molecule is C/C=C\C(/C=C\C)(CC(=O)O)C(/C=C\C)(/C=C\C)C(=O)OC(=O)C(/C=C\C)(/C=C\C)C(/C=C\C)(/C=C\C)CC(=O)O. The molecule has 0 fully saturated rings. The van der Waals surface area contributed by atoms with Crippen molar-refractivity contribution in [1.29, 1.82) is 0 Å². The number of carbonyl (C=O) groups is 4. The minimum Gasteiger partial charge on any atom is -0.481 e. The Kier molecular flexibility index (Phi) is 15.3. The maximum atomic E-state index is 14.3. The Morgan fingerprint density at radius 1 is 0.463 bits per heavy atom. The van der Waals surface area contributed by atoms with Crippen molar-refractivity contribution >= 4 is 23.9 Å². The number of allylic oxidation sites excluding steroid dienone is 12. The molecular weight excluding hydrogens is 520 g/mol. The minimum absolute atomic E-state index is 0.478. The fraction of sp³-hybridized carbons (Fsp3) is 0.412. The molecule has 0 bridgehead atoms. The number of aliphatic carboxylic acids is 2. The van der Waals surface area contributed by atoms with E-state index in [0.29, 0.717) is 0 Å². The molecule has 0 radical (unpaired) electrons. The highest BCUT2D eigenvalue weighted by atomic mass is 16.6. The van der Waals surface area contributed by atoms with Gasteiger partial charge in [-0.3, -0.25) is 19.2 Å². The van der Waals surface area contributed by atoms with Gasteiger partial charge in [-0.15, -0.1) is 0 Å². The zero-order valence-corrected chi connectivity index (χ0v) is 25.6. The molecular formula is C34H46O7. The van der Waals surface area contributed by atoms with Gasteiger partial charge in [-0.25, -0.2) is 0 Å². The molecule has 0 aliphatic heterocycles. The molecule has 7 nitrogen and oxygen atoms in total. The van der Waals surface area contributed by atoms with E-state index in [4.69, 9.17) is 4.74 Å². The van der Waals surface area contributed by atoms with Crippen molar-refractivity contribution in [3.05, 3.63) is 97.2 Å². The summed E-state index contributed by atoms with van der Waals surface area (Å²) >= 11 is 0. The number of ether oxygens (including phenoxy) is 1. The van der Waals surface area contributed by atoms with E-state index in [1.807, 2.05) is 0 Å².